The Morgan fingerprint density at radius 3 is 2.92 bits per heavy atom. The van der Waals surface area contributed by atoms with Crippen LogP contribution >= 0.6 is 15.9 Å². The van der Waals surface area contributed by atoms with Crippen molar-refractivity contribution in [2.45, 2.75) is 18.9 Å². The largest absolute Gasteiger partial charge is 0.432 e. The molecule has 0 radical (unpaired) electrons. The van der Waals surface area contributed by atoms with E-state index in [1.165, 1.54) is 0 Å². The zero-order chi connectivity index (χ0) is 9.68. The minimum Gasteiger partial charge on any atom is -0.432 e. The van der Waals surface area contributed by atoms with Crippen molar-refractivity contribution in [1.82, 2.24) is 5.32 Å². The lowest BCUT2D eigenvalue weighted by Crippen LogP contribution is -2.31. The van der Waals surface area contributed by atoms with Gasteiger partial charge in [0.2, 0.25) is 0 Å². The summed E-state index contributed by atoms with van der Waals surface area (Å²) in [5, 5.41) is 2.99. The van der Waals surface area contributed by atoms with Crippen LogP contribution in [-0.4, -0.2) is 24.8 Å². The van der Waals surface area contributed by atoms with Crippen LogP contribution in [0.25, 0.3) is 0 Å². The fourth-order valence-electron chi connectivity index (χ4n) is 1.11. The third-order valence-corrected chi connectivity index (χ3v) is 2.12. The van der Waals surface area contributed by atoms with Gasteiger partial charge in [-0.15, -0.1) is 0 Å². The first kappa shape index (κ1) is 10.4. The number of halogens is 1. The molecule has 0 bridgehead atoms. The molecule has 72 valence electrons. The topological polar surface area (TPSA) is 55.4 Å². The summed E-state index contributed by atoms with van der Waals surface area (Å²) in [6.45, 7) is 0.846. The number of allylic oxidation sites excluding steroid dienone is 1. The van der Waals surface area contributed by atoms with Gasteiger partial charge in [0.15, 0.2) is 6.29 Å². The molecule has 1 fully saturated rings. The molecule has 1 atom stereocenters. The number of hydrogen-bond acceptors (Lipinski definition) is 4. The number of esters is 1. The van der Waals surface area contributed by atoms with Crippen LogP contribution in [0.2, 0.25) is 0 Å². The second kappa shape index (κ2) is 5.14. The third-order valence-electron chi connectivity index (χ3n) is 1.75. The lowest BCUT2D eigenvalue weighted by Gasteiger charge is -2.06. The van der Waals surface area contributed by atoms with E-state index in [-0.39, 0.29) is 16.5 Å². The summed E-state index contributed by atoms with van der Waals surface area (Å²) in [4.78, 5) is 21.3. The summed E-state index contributed by atoms with van der Waals surface area (Å²) < 4.78 is 4.96. The van der Waals surface area contributed by atoms with E-state index < -0.39 is 0 Å². The minimum absolute atomic E-state index is 0.219. The zero-order valence-electron chi connectivity index (χ0n) is 6.96. The fraction of sp³-hybridized carbons (Fsp3) is 0.500. The summed E-state index contributed by atoms with van der Waals surface area (Å²) in [6, 6.07) is -0.219. The Hall–Kier alpha value is -0.680. The molecule has 1 N–H and O–H groups in total. The van der Waals surface area contributed by atoms with Gasteiger partial charge in [-0.25, -0.2) is 4.79 Å². The number of hydrogen-bond donors (Lipinski definition) is 1. The Bertz CT molecular complexity index is 234. The average molecular weight is 248 g/mol. The number of carbonyl (C=O) groups excluding carboxylic acids is 2. The van der Waals surface area contributed by atoms with E-state index in [0.717, 1.165) is 25.6 Å². The molecule has 0 aromatic rings. The number of ether oxygens (including phenoxy) is 1. The molecule has 5 heteroatoms. The fourth-order valence-corrected chi connectivity index (χ4v) is 1.20. The summed E-state index contributed by atoms with van der Waals surface area (Å²) in [7, 11) is 0. The van der Waals surface area contributed by atoms with Crippen molar-refractivity contribution in [2.75, 3.05) is 6.54 Å². The van der Waals surface area contributed by atoms with E-state index in [2.05, 4.69) is 21.2 Å². The van der Waals surface area contributed by atoms with Gasteiger partial charge in [0.05, 0.1) is 4.48 Å². The molecular weight excluding hydrogens is 238 g/mol. The molecule has 0 spiro atoms. The van der Waals surface area contributed by atoms with Gasteiger partial charge in [0.1, 0.15) is 12.3 Å². The molecular formula is C8H10BrNO3. The maximum atomic E-state index is 11.2. The highest BCUT2D eigenvalue weighted by molar-refractivity contribution is 9.12. The molecule has 1 aliphatic heterocycles. The smallest absolute Gasteiger partial charge is 0.327 e. The Labute approximate surface area is 84.5 Å². The minimum atomic E-state index is -0.337. The van der Waals surface area contributed by atoms with Crippen LogP contribution in [0.15, 0.2) is 10.7 Å². The van der Waals surface area contributed by atoms with Gasteiger partial charge in [0, 0.05) is 0 Å². The predicted octanol–water partition coefficient (Wildman–Crippen LogP) is 0.717. The van der Waals surface area contributed by atoms with Gasteiger partial charge in [-0.2, -0.15) is 0 Å². The van der Waals surface area contributed by atoms with Crippen LogP contribution in [0.5, 0.6) is 0 Å². The van der Waals surface area contributed by atoms with Gasteiger partial charge in [-0.05, 0) is 35.3 Å². The summed E-state index contributed by atoms with van der Waals surface area (Å²) in [5.74, 6) is -0.337. The average Bonchev–Trinajstić information content (AvgIpc) is 2.66. The van der Waals surface area contributed by atoms with Gasteiger partial charge in [-0.3, -0.25) is 4.79 Å². The highest BCUT2D eigenvalue weighted by Gasteiger charge is 2.22. The first-order chi connectivity index (χ1) is 6.24. The molecule has 1 saturated heterocycles. The van der Waals surface area contributed by atoms with E-state index in [4.69, 9.17) is 4.74 Å². The molecule has 1 rings (SSSR count). The van der Waals surface area contributed by atoms with E-state index in [1.54, 1.807) is 0 Å². The Balaban J connectivity index is 2.36. The van der Waals surface area contributed by atoms with Gasteiger partial charge >= 0.3 is 5.97 Å². The highest BCUT2D eigenvalue weighted by Crippen LogP contribution is 2.08. The van der Waals surface area contributed by atoms with E-state index in [9.17, 15) is 9.59 Å². The highest BCUT2D eigenvalue weighted by atomic mass is 79.9. The van der Waals surface area contributed by atoms with Crippen molar-refractivity contribution in [2.24, 2.45) is 0 Å². The lowest BCUT2D eigenvalue weighted by molar-refractivity contribution is -0.140. The number of carbonyl (C=O) groups is 2. The molecule has 0 amide bonds. The third kappa shape index (κ3) is 3.28. The normalized spacial score (nSPS) is 22.8. The van der Waals surface area contributed by atoms with Crippen molar-refractivity contribution >= 4 is 28.2 Å². The van der Waals surface area contributed by atoms with Crippen molar-refractivity contribution in [3.05, 3.63) is 10.7 Å². The number of rotatable bonds is 3. The van der Waals surface area contributed by atoms with Crippen LogP contribution in [-0.2, 0) is 14.3 Å². The first-order valence-corrected chi connectivity index (χ1v) is 4.78. The van der Waals surface area contributed by atoms with Gasteiger partial charge < -0.3 is 10.1 Å². The monoisotopic (exact) mass is 247 g/mol. The molecule has 1 aliphatic rings. The molecule has 0 saturated carbocycles. The van der Waals surface area contributed by atoms with Crippen LogP contribution in [0, 0.1) is 0 Å². The van der Waals surface area contributed by atoms with Gasteiger partial charge in [0.25, 0.3) is 0 Å². The van der Waals surface area contributed by atoms with Crippen LogP contribution < -0.4 is 5.32 Å². The van der Waals surface area contributed by atoms with Crippen LogP contribution in [0.1, 0.15) is 12.8 Å². The number of aldehydes is 1. The van der Waals surface area contributed by atoms with Crippen LogP contribution in [0.4, 0.5) is 0 Å². The summed E-state index contributed by atoms with van der Waals surface area (Å²) in [5.41, 5.74) is 0. The molecule has 13 heavy (non-hydrogen) atoms. The molecule has 1 unspecified atom stereocenters. The first-order valence-electron chi connectivity index (χ1n) is 3.99. The molecule has 4 nitrogen and oxygen atoms in total. The van der Waals surface area contributed by atoms with Crippen molar-refractivity contribution < 1.29 is 14.3 Å². The van der Waals surface area contributed by atoms with E-state index in [1.807, 2.05) is 0 Å². The number of nitrogens with one attached hydrogen (secondary N) is 1. The maximum absolute atomic E-state index is 11.2. The van der Waals surface area contributed by atoms with Crippen molar-refractivity contribution in [3.8, 4) is 0 Å². The Morgan fingerprint density at radius 1 is 1.62 bits per heavy atom. The second-order valence-corrected chi connectivity index (χ2v) is 3.62. The molecule has 0 aromatic heterocycles. The Kier molecular flexibility index (Phi) is 4.11. The molecule has 1 heterocycles. The van der Waals surface area contributed by atoms with Crippen molar-refractivity contribution in [3.63, 3.8) is 0 Å². The quantitative estimate of drug-likeness (QED) is 0.346. The Morgan fingerprint density at radius 2 is 2.38 bits per heavy atom. The predicted molar refractivity (Wildman–Crippen MR) is 50.2 cm³/mol. The molecule has 0 aromatic carbocycles. The summed E-state index contributed by atoms with van der Waals surface area (Å²) >= 11 is 2.91. The standard InChI is InChI=1S/C8H10BrNO3/c9-6(4-11)5-13-8(12)7-2-1-3-10-7/h4-5,7,10H,1-3H2/b6-5+. The van der Waals surface area contributed by atoms with E-state index >= 15 is 0 Å². The maximum Gasteiger partial charge on any atom is 0.327 e. The van der Waals surface area contributed by atoms with Gasteiger partial charge in [-0.1, -0.05) is 0 Å². The zero-order valence-corrected chi connectivity index (χ0v) is 8.54. The molecule has 0 aliphatic carbocycles. The van der Waals surface area contributed by atoms with Crippen LogP contribution in [0.3, 0.4) is 0 Å². The van der Waals surface area contributed by atoms with E-state index in [0.29, 0.717) is 6.29 Å². The van der Waals surface area contributed by atoms with Crippen molar-refractivity contribution in [1.29, 1.82) is 0 Å². The second-order valence-electron chi connectivity index (χ2n) is 2.71. The summed E-state index contributed by atoms with van der Waals surface area (Å²) in [6.07, 6.45) is 3.45. The SMILES string of the molecule is O=C/C(Br)=C\OC(=O)C1CCCN1. The lowest BCUT2D eigenvalue weighted by atomic mass is 10.2.